The lowest BCUT2D eigenvalue weighted by Crippen LogP contribution is -2.12. The standard InChI is InChI=1S/C15H12ClNO2/c1-2-19-12-9-7-11(8-10-12)17-15(18)13-5-3-4-6-14(13)16/h2-10H,1H2,(H,17,18). The van der Waals surface area contributed by atoms with Gasteiger partial charge in [0.1, 0.15) is 5.75 Å². The Labute approximate surface area is 116 Å². The second-order valence-electron chi connectivity index (χ2n) is 3.74. The minimum absolute atomic E-state index is 0.247. The van der Waals surface area contributed by atoms with Gasteiger partial charge in [0.05, 0.1) is 16.8 Å². The van der Waals surface area contributed by atoms with Crippen LogP contribution in [0.25, 0.3) is 0 Å². The fraction of sp³-hybridized carbons (Fsp3) is 0. The van der Waals surface area contributed by atoms with Crippen molar-refractivity contribution in [2.45, 2.75) is 0 Å². The van der Waals surface area contributed by atoms with E-state index in [-0.39, 0.29) is 5.91 Å². The van der Waals surface area contributed by atoms with Crippen molar-refractivity contribution in [3.05, 3.63) is 72.0 Å². The highest BCUT2D eigenvalue weighted by atomic mass is 35.5. The zero-order valence-electron chi connectivity index (χ0n) is 10.1. The van der Waals surface area contributed by atoms with Gasteiger partial charge in [0.25, 0.3) is 5.91 Å². The van der Waals surface area contributed by atoms with Gasteiger partial charge in [-0.15, -0.1) is 0 Å². The molecule has 1 amide bonds. The summed E-state index contributed by atoms with van der Waals surface area (Å²) in [5, 5.41) is 3.19. The van der Waals surface area contributed by atoms with E-state index >= 15 is 0 Å². The van der Waals surface area contributed by atoms with Crippen molar-refractivity contribution in [1.29, 1.82) is 0 Å². The van der Waals surface area contributed by atoms with Crippen LogP contribution >= 0.6 is 11.6 Å². The Morgan fingerprint density at radius 2 is 1.84 bits per heavy atom. The van der Waals surface area contributed by atoms with Gasteiger partial charge in [0.2, 0.25) is 0 Å². The minimum Gasteiger partial charge on any atom is -0.466 e. The molecule has 96 valence electrons. The smallest absolute Gasteiger partial charge is 0.257 e. The number of carbonyl (C=O) groups excluding carboxylic acids is 1. The van der Waals surface area contributed by atoms with E-state index in [1.807, 2.05) is 0 Å². The number of benzene rings is 2. The van der Waals surface area contributed by atoms with Crippen molar-refractivity contribution in [3.63, 3.8) is 0 Å². The molecule has 0 saturated heterocycles. The summed E-state index contributed by atoms with van der Waals surface area (Å²) in [6.07, 6.45) is 1.34. The van der Waals surface area contributed by atoms with E-state index in [9.17, 15) is 4.79 Å². The van der Waals surface area contributed by atoms with E-state index in [1.165, 1.54) is 6.26 Å². The number of rotatable bonds is 4. The molecule has 0 saturated carbocycles. The van der Waals surface area contributed by atoms with Crippen molar-refractivity contribution in [2.24, 2.45) is 0 Å². The van der Waals surface area contributed by atoms with Gasteiger partial charge >= 0.3 is 0 Å². The second-order valence-corrected chi connectivity index (χ2v) is 4.15. The third-order valence-electron chi connectivity index (χ3n) is 2.45. The molecule has 0 unspecified atom stereocenters. The number of hydrogen-bond donors (Lipinski definition) is 1. The van der Waals surface area contributed by atoms with Crippen LogP contribution in [0.15, 0.2) is 61.4 Å². The number of ether oxygens (including phenoxy) is 1. The Morgan fingerprint density at radius 1 is 1.16 bits per heavy atom. The van der Waals surface area contributed by atoms with Crippen LogP contribution in [0.2, 0.25) is 5.02 Å². The first kappa shape index (κ1) is 13.2. The SMILES string of the molecule is C=COc1ccc(NC(=O)c2ccccc2Cl)cc1. The van der Waals surface area contributed by atoms with Crippen molar-refractivity contribution >= 4 is 23.2 Å². The molecule has 0 heterocycles. The van der Waals surface area contributed by atoms with Crippen LogP contribution in [0.1, 0.15) is 10.4 Å². The van der Waals surface area contributed by atoms with Crippen LogP contribution in [0.3, 0.4) is 0 Å². The van der Waals surface area contributed by atoms with Gasteiger partial charge < -0.3 is 10.1 Å². The Kier molecular flexibility index (Phi) is 4.21. The molecule has 1 N–H and O–H groups in total. The van der Waals surface area contributed by atoms with Crippen molar-refractivity contribution < 1.29 is 9.53 Å². The van der Waals surface area contributed by atoms with Gasteiger partial charge in [0, 0.05) is 5.69 Å². The Hall–Kier alpha value is -2.26. The first-order valence-corrected chi connectivity index (χ1v) is 6.02. The molecule has 0 bridgehead atoms. The zero-order chi connectivity index (χ0) is 13.7. The molecule has 2 aromatic carbocycles. The van der Waals surface area contributed by atoms with Crippen LogP contribution in [0.4, 0.5) is 5.69 Å². The van der Waals surface area contributed by atoms with E-state index in [2.05, 4.69) is 11.9 Å². The normalized spacial score (nSPS) is 9.74. The third-order valence-corrected chi connectivity index (χ3v) is 2.78. The summed E-state index contributed by atoms with van der Waals surface area (Å²) in [6, 6.07) is 13.9. The average molecular weight is 274 g/mol. The number of hydrogen-bond acceptors (Lipinski definition) is 2. The van der Waals surface area contributed by atoms with Crippen LogP contribution in [0.5, 0.6) is 5.75 Å². The maximum Gasteiger partial charge on any atom is 0.257 e. The van der Waals surface area contributed by atoms with Gasteiger partial charge in [-0.1, -0.05) is 30.3 Å². The summed E-state index contributed by atoms with van der Waals surface area (Å²) in [6.45, 7) is 3.47. The first-order valence-electron chi connectivity index (χ1n) is 5.64. The van der Waals surface area contributed by atoms with Gasteiger partial charge in [0.15, 0.2) is 0 Å². The lowest BCUT2D eigenvalue weighted by atomic mass is 10.2. The number of anilines is 1. The van der Waals surface area contributed by atoms with E-state index < -0.39 is 0 Å². The van der Waals surface area contributed by atoms with Crippen LogP contribution in [-0.2, 0) is 0 Å². The molecule has 0 aliphatic rings. The van der Waals surface area contributed by atoms with E-state index in [0.29, 0.717) is 22.0 Å². The van der Waals surface area contributed by atoms with Crippen molar-refractivity contribution in [2.75, 3.05) is 5.32 Å². The summed E-state index contributed by atoms with van der Waals surface area (Å²) in [5.74, 6) is 0.411. The summed E-state index contributed by atoms with van der Waals surface area (Å²) < 4.78 is 5.10. The average Bonchev–Trinajstić information content (AvgIpc) is 2.42. The third kappa shape index (κ3) is 3.36. The molecule has 0 fully saturated rings. The molecule has 0 atom stereocenters. The quantitative estimate of drug-likeness (QED) is 0.851. The van der Waals surface area contributed by atoms with Crippen molar-refractivity contribution in [3.8, 4) is 5.75 Å². The number of nitrogens with one attached hydrogen (secondary N) is 1. The molecule has 0 aliphatic carbocycles. The van der Waals surface area contributed by atoms with Gasteiger partial charge in [-0.2, -0.15) is 0 Å². The van der Waals surface area contributed by atoms with E-state index in [4.69, 9.17) is 16.3 Å². The van der Waals surface area contributed by atoms with E-state index in [0.717, 1.165) is 0 Å². The highest BCUT2D eigenvalue weighted by Crippen LogP contribution is 2.19. The fourth-order valence-corrected chi connectivity index (χ4v) is 1.78. The van der Waals surface area contributed by atoms with Gasteiger partial charge in [-0.25, -0.2) is 0 Å². The van der Waals surface area contributed by atoms with E-state index in [1.54, 1.807) is 48.5 Å². The summed E-state index contributed by atoms with van der Waals surface area (Å²) in [5.41, 5.74) is 1.11. The Morgan fingerprint density at radius 3 is 2.47 bits per heavy atom. The molecule has 0 aliphatic heterocycles. The molecule has 0 radical (unpaired) electrons. The predicted octanol–water partition coefficient (Wildman–Crippen LogP) is 4.11. The predicted molar refractivity (Wildman–Crippen MR) is 76.7 cm³/mol. The lowest BCUT2D eigenvalue weighted by Gasteiger charge is -2.07. The Bertz CT molecular complexity index is 593. The number of amides is 1. The number of halogens is 1. The highest BCUT2D eigenvalue weighted by Gasteiger charge is 2.09. The Balaban J connectivity index is 2.11. The van der Waals surface area contributed by atoms with Gasteiger partial charge in [-0.3, -0.25) is 4.79 Å². The zero-order valence-corrected chi connectivity index (χ0v) is 10.9. The molecular formula is C15H12ClNO2. The molecule has 19 heavy (non-hydrogen) atoms. The lowest BCUT2D eigenvalue weighted by molar-refractivity contribution is 0.102. The van der Waals surface area contributed by atoms with Crippen LogP contribution in [-0.4, -0.2) is 5.91 Å². The fourth-order valence-electron chi connectivity index (χ4n) is 1.56. The first-order chi connectivity index (χ1) is 9.20. The maximum absolute atomic E-state index is 12.0. The highest BCUT2D eigenvalue weighted by molar-refractivity contribution is 6.34. The topological polar surface area (TPSA) is 38.3 Å². The molecule has 3 nitrogen and oxygen atoms in total. The van der Waals surface area contributed by atoms with Crippen molar-refractivity contribution in [1.82, 2.24) is 0 Å². The van der Waals surface area contributed by atoms with Gasteiger partial charge in [-0.05, 0) is 36.4 Å². The minimum atomic E-state index is -0.247. The number of carbonyl (C=O) groups is 1. The summed E-state index contributed by atoms with van der Waals surface area (Å²) >= 11 is 5.96. The summed E-state index contributed by atoms with van der Waals surface area (Å²) in [4.78, 5) is 12.0. The molecule has 2 rings (SSSR count). The summed E-state index contributed by atoms with van der Waals surface area (Å²) in [7, 11) is 0. The monoisotopic (exact) mass is 273 g/mol. The molecule has 0 aromatic heterocycles. The molecule has 0 spiro atoms. The molecule has 2 aromatic rings. The molecule has 4 heteroatoms. The maximum atomic E-state index is 12.0. The van der Waals surface area contributed by atoms with Crippen LogP contribution in [0, 0.1) is 0 Å². The second kappa shape index (κ2) is 6.07. The molecular weight excluding hydrogens is 262 g/mol. The van der Waals surface area contributed by atoms with Crippen LogP contribution < -0.4 is 10.1 Å². The largest absolute Gasteiger partial charge is 0.466 e.